The average molecular weight is 234 g/mol. The van der Waals surface area contributed by atoms with Crippen LogP contribution < -0.4 is 10.6 Å². The molecule has 92 valence electrons. The molecule has 4 heteroatoms. The second-order valence-corrected chi connectivity index (χ2v) is 4.51. The number of benzene rings is 1. The van der Waals surface area contributed by atoms with E-state index >= 15 is 0 Å². The van der Waals surface area contributed by atoms with Gasteiger partial charge in [0.1, 0.15) is 6.04 Å². The first-order valence-corrected chi connectivity index (χ1v) is 5.99. The zero-order valence-corrected chi connectivity index (χ0v) is 9.80. The van der Waals surface area contributed by atoms with Crippen LogP contribution in [0.15, 0.2) is 24.3 Å². The van der Waals surface area contributed by atoms with Crippen molar-refractivity contribution in [2.45, 2.75) is 25.3 Å². The molecule has 0 spiro atoms. The number of carbonyl (C=O) groups is 1. The molecule has 1 aromatic rings. The summed E-state index contributed by atoms with van der Waals surface area (Å²) in [6, 6.07) is 7.21. The molecule has 0 bridgehead atoms. The predicted octanol–water partition coefficient (Wildman–Crippen LogP) is 1.24. The van der Waals surface area contributed by atoms with Gasteiger partial charge in [-0.2, -0.15) is 0 Å². The van der Waals surface area contributed by atoms with Crippen molar-refractivity contribution in [3.8, 4) is 0 Å². The van der Waals surface area contributed by atoms with E-state index in [0.717, 1.165) is 18.7 Å². The van der Waals surface area contributed by atoms with E-state index in [1.165, 1.54) is 18.5 Å². The molecule has 1 aliphatic rings. The fraction of sp³-hybridized carbons (Fsp3) is 0.462. The van der Waals surface area contributed by atoms with Crippen LogP contribution in [0.1, 0.15) is 18.4 Å². The van der Waals surface area contributed by atoms with Gasteiger partial charge in [-0.1, -0.05) is 12.1 Å². The SMILES string of the molecule is NC(Cc1cccc(N2CCCC2)c1)C(=O)O. The molecule has 2 rings (SSSR count). The molecule has 1 aromatic carbocycles. The van der Waals surface area contributed by atoms with Gasteiger partial charge in [-0.15, -0.1) is 0 Å². The van der Waals surface area contributed by atoms with Crippen molar-refractivity contribution in [2.24, 2.45) is 5.73 Å². The van der Waals surface area contributed by atoms with Crippen LogP contribution >= 0.6 is 0 Å². The molecule has 1 aliphatic heterocycles. The lowest BCUT2D eigenvalue weighted by molar-refractivity contribution is -0.138. The monoisotopic (exact) mass is 234 g/mol. The van der Waals surface area contributed by atoms with Gasteiger partial charge < -0.3 is 15.7 Å². The predicted molar refractivity (Wildman–Crippen MR) is 67.2 cm³/mol. The van der Waals surface area contributed by atoms with Crippen LogP contribution in [-0.2, 0) is 11.2 Å². The quantitative estimate of drug-likeness (QED) is 0.822. The van der Waals surface area contributed by atoms with E-state index in [0.29, 0.717) is 6.42 Å². The summed E-state index contributed by atoms with van der Waals surface area (Å²) < 4.78 is 0. The molecule has 0 aliphatic carbocycles. The third kappa shape index (κ3) is 2.97. The van der Waals surface area contributed by atoms with Gasteiger partial charge >= 0.3 is 5.97 Å². The van der Waals surface area contributed by atoms with E-state index in [1.807, 2.05) is 18.2 Å². The number of rotatable bonds is 4. The number of hydrogen-bond acceptors (Lipinski definition) is 3. The Morgan fingerprint density at radius 2 is 2.12 bits per heavy atom. The normalized spacial score (nSPS) is 17.1. The third-order valence-corrected chi connectivity index (χ3v) is 3.15. The van der Waals surface area contributed by atoms with E-state index < -0.39 is 12.0 Å². The van der Waals surface area contributed by atoms with Crippen molar-refractivity contribution >= 4 is 11.7 Å². The van der Waals surface area contributed by atoms with Crippen LogP contribution in [0.4, 0.5) is 5.69 Å². The first kappa shape index (κ1) is 11.9. The minimum absolute atomic E-state index is 0.386. The Morgan fingerprint density at radius 1 is 1.41 bits per heavy atom. The highest BCUT2D eigenvalue weighted by molar-refractivity contribution is 5.73. The molecule has 1 unspecified atom stereocenters. The number of nitrogens with zero attached hydrogens (tertiary/aromatic N) is 1. The molecule has 1 saturated heterocycles. The van der Waals surface area contributed by atoms with Crippen LogP contribution in [-0.4, -0.2) is 30.2 Å². The minimum atomic E-state index is -0.948. The van der Waals surface area contributed by atoms with E-state index in [4.69, 9.17) is 10.8 Å². The summed E-state index contributed by atoms with van der Waals surface area (Å²) in [5, 5.41) is 8.79. The van der Waals surface area contributed by atoms with Crippen LogP contribution in [0.2, 0.25) is 0 Å². The number of hydrogen-bond donors (Lipinski definition) is 2. The summed E-state index contributed by atoms with van der Waals surface area (Å²) in [5.41, 5.74) is 7.71. The van der Waals surface area contributed by atoms with Gasteiger partial charge in [0.15, 0.2) is 0 Å². The molecule has 1 atom stereocenters. The highest BCUT2D eigenvalue weighted by Gasteiger charge is 2.15. The highest BCUT2D eigenvalue weighted by atomic mass is 16.4. The summed E-state index contributed by atoms with van der Waals surface area (Å²) in [4.78, 5) is 13.0. The Labute approximate surface area is 101 Å². The summed E-state index contributed by atoms with van der Waals surface area (Å²) in [6.07, 6.45) is 2.86. The Hall–Kier alpha value is -1.55. The molecular formula is C13H18N2O2. The Bertz CT molecular complexity index is 400. The maximum Gasteiger partial charge on any atom is 0.320 e. The maximum atomic E-state index is 10.7. The Balaban J connectivity index is 2.08. The standard InChI is InChI=1S/C13H18N2O2/c14-12(13(16)17)9-10-4-3-5-11(8-10)15-6-1-2-7-15/h3-5,8,12H,1-2,6-7,9,14H2,(H,16,17). The second kappa shape index (κ2) is 5.19. The van der Waals surface area contributed by atoms with Crippen molar-refractivity contribution < 1.29 is 9.90 Å². The maximum absolute atomic E-state index is 10.7. The molecule has 0 aromatic heterocycles. The highest BCUT2D eigenvalue weighted by Crippen LogP contribution is 2.21. The van der Waals surface area contributed by atoms with Crippen molar-refractivity contribution in [1.29, 1.82) is 0 Å². The van der Waals surface area contributed by atoms with E-state index in [-0.39, 0.29) is 0 Å². The zero-order chi connectivity index (χ0) is 12.3. The first-order chi connectivity index (χ1) is 8.16. The molecule has 1 fully saturated rings. The van der Waals surface area contributed by atoms with Crippen molar-refractivity contribution in [3.05, 3.63) is 29.8 Å². The smallest absolute Gasteiger partial charge is 0.320 e. The lowest BCUT2D eigenvalue weighted by atomic mass is 10.1. The van der Waals surface area contributed by atoms with Gasteiger partial charge in [-0.3, -0.25) is 4.79 Å². The molecule has 1 heterocycles. The molecule has 17 heavy (non-hydrogen) atoms. The van der Waals surface area contributed by atoms with Gasteiger partial charge in [0.2, 0.25) is 0 Å². The average Bonchev–Trinajstić information content (AvgIpc) is 2.82. The summed E-state index contributed by atoms with van der Waals surface area (Å²) in [7, 11) is 0. The molecular weight excluding hydrogens is 216 g/mol. The van der Waals surface area contributed by atoms with Crippen molar-refractivity contribution in [2.75, 3.05) is 18.0 Å². The minimum Gasteiger partial charge on any atom is -0.480 e. The lowest BCUT2D eigenvalue weighted by Crippen LogP contribution is -2.32. The third-order valence-electron chi connectivity index (χ3n) is 3.15. The van der Waals surface area contributed by atoms with Gasteiger partial charge in [-0.25, -0.2) is 0 Å². The first-order valence-electron chi connectivity index (χ1n) is 5.99. The van der Waals surface area contributed by atoms with Gasteiger partial charge in [0.25, 0.3) is 0 Å². The molecule has 0 radical (unpaired) electrons. The van der Waals surface area contributed by atoms with Gasteiger partial charge in [0, 0.05) is 18.8 Å². The zero-order valence-electron chi connectivity index (χ0n) is 9.80. The fourth-order valence-corrected chi connectivity index (χ4v) is 2.20. The van der Waals surface area contributed by atoms with Crippen LogP contribution in [0, 0.1) is 0 Å². The topological polar surface area (TPSA) is 66.6 Å². The molecule has 4 nitrogen and oxygen atoms in total. The molecule has 0 amide bonds. The molecule has 3 N–H and O–H groups in total. The van der Waals surface area contributed by atoms with Crippen LogP contribution in [0.25, 0.3) is 0 Å². The largest absolute Gasteiger partial charge is 0.480 e. The fourth-order valence-electron chi connectivity index (χ4n) is 2.20. The number of anilines is 1. The lowest BCUT2D eigenvalue weighted by Gasteiger charge is -2.18. The van der Waals surface area contributed by atoms with Crippen molar-refractivity contribution in [3.63, 3.8) is 0 Å². The van der Waals surface area contributed by atoms with E-state index in [9.17, 15) is 4.79 Å². The van der Waals surface area contributed by atoms with E-state index in [2.05, 4.69) is 11.0 Å². The summed E-state index contributed by atoms with van der Waals surface area (Å²) in [6.45, 7) is 2.18. The summed E-state index contributed by atoms with van der Waals surface area (Å²) in [5.74, 6) is -0.948. The summed E-state index contributed by atoms with van der Waals surface area (Å²) >= 11 is 0. The number of carboxylic acids is 1. The van der Waals surface area contributed by atoms with E-state index in [1.54, 1.807) is 0 Å². The Morgan fingerprint density at radius 3 is 2.76 bits per heavy atom. The number of aliphatic carboxylic acids is 1. The molecule has 0 saturated carbocycles. The van der Waals surface area contributed by atoms with Gasteiger partial charge in [0.05, 0.1) is 0 Å². The van der Waals surface area contributed by atoms with Gasteiger partial charge in [-0.05, 0) is 37.0 Å². The van der Waals surface area contributed by atoms with Crippen LogP contribution in [0.5, 0.6) is 0 Å². The van der Waals surface area contributed by atoms with Crippen LogP contribution in [0.3, 0.4) is 0 Å². The number of carboxylic acid groups (broad SMARTS) is 1. The van der Waals surface area contributed by atoms with Crippen molar-refractivity contribution in [1.82, 2.24) is 0 Å². The number of nitrogens with two attached hydrogens (primary N) is 1. The second-order valence-electron chi connectivity index (χ2n) is 4.51. The Kier molecular flexibility index (Phi) is 3.64.